The summed E-state index contributed by atoms with van der Waals surface area (Å²) in [5.41, 5.74) is -0.475. The third-order valence-corrected chi connectivity index (χ3v) is 14.5. The summed E-state index contributed by atoms with van der Waals surface area (Å²) in [7, 11) is -9.34. The topological polar surface area (TPSA) is 127 Å². The van der Waals surface area contributed by atoms with Crippen LogP contribution in [0.4, 0.5) is 5.69 Å². The van der Waals surface area contributed by atoms with E-state index in [1.807, 2.05) is 4.90 Å². The molecule has 1 heterocycles. The fraction of sp³-hybridized carbons (Fsp3) is 0.700. The number of nitrogens with zero attached hydrogens (tertiary/aromatic N) is 3. The Morgan fingerprint density at radius 1 is 1.15 bits per heavy atom. The first kappa shape index (κ1) is 27.9. The maximum absolute atomic E-state index is 13.4. The van der Waals surface area contributed by atoms with Gasteiger partial charge in [0, 0.05) is 45.4 Å². The molecule has 1 fully saturated rings. The van der Waals surface area contributed by atoms with Gasteiger partial charge in [-0.3, -0.25) is 10.1 Å². The van der Waals surface area contributed by atoms with Crippen molar-refractivity contribution in [2.75, 3.05) is 50.8 Å². The summed E-state index contributed by atoms with van der Waals surface area (Å²) in [5, 5.41) is 11.4. The summed E-state index contributed by atoms with van der Waals surface area (Å²) in [5.74, 6) is 0.0801. The van der Waals surface area contributed by atoms with E-state index in [9.17, 15) is 26.9 Å². The maximum Gasteiger partial charge on any atom is 0.289 e. The van der Waals surface area contributed by atoms with Gasteiger partial charge in [0.25, 0.3) is 5.69 Å². The lowest BCUT2D eigenvalue weighted by molar-refractivity contribution is -0.387. The van der Waals surface area contributed by atoms with Gasteiger partial charge in [0.15, 0.2) is 23.1 Å². The predicted molar refractivity (Wildman–Crippen MR) is 130 cm³/mol. The summed E-state index contributed by atoms with van der Waals surface area (Å²) in [4.78, 5) is 12.3. The molecule has 1 aliphatic heterocycles. The maximum atomic E-state index is 13.4. The second-order valence-electron chi connectivity index (χ2n) is 9.73. The van der Waals surface area contributed by atoms with Crippen LogP contribution in [0.1, 0.15) is 20.8 Å². The molecular formula is C20H35N3O7S2Si. The molecule has 0 amide bonds. The molecule has 13 heteroatoms. The minimum atomic E-state index is -4.17. The van der Waals surface area contributed by atoms with Gasteiger partial charge in [-0.15, -0.1) is 0 Å². The Morgan fingerprint density at radius 2 is 1.73 bits per heavy atom. The van der Waals surface area contributed by atoms with E-state index >= 15 is 0 Å². The third kappa shape index (κ3) is 7.30. The number of nitro benzene ring substituents is 1. The Hall–Kier alpha value is -1.38. The predicted octanol–water partition coefficient (Wildman–Crippen LogP) is 2.34. The van der Waals surface area contributed by atoms with Gasteiger partial charge in [-0.25, -0.2) is 16.8 Å². The number of benzene rings is 1. The monoisotopic (exact) mass is 521 g/mol. The van der Waals surface area contributed by atoms with Crippen molar-refractivity contribution in [2.24, 2.45) is 0 Å². The van der Waals surface area contributed by atoms with Crippen molar-refractivity contribution in [3.63, 3.8) is 0 Å². The SMILES string of the molecule is CC(C)(C)[Si](C)(C)OCCN(CCN1CCS(=O)(=O)CC1)S(=O)(=O)c1ccccc1[N+](=O)[O-]. The van der Waals surface area contributed by atoms with Gasteiger partial charge < -0.3 is 9.33 Å². The number of hydrogen-bond acceptors (Lipinski definition) is 8. The Kier molecular flexibility index (Phi) is 8.85. The molecule has 10 nitrogen and oxygen atoms in total. The molecule has 0 spiro atoms. The van der Waals surface area contributed by atoms with Crippen molar-refractivity contribution >= 4 is 33.9 Å². The number of sulfonamides is 1. The molecule has 1 saturated heterocycles. The number of hydrogen-bond donors (Lipinski definition) is 0. The Bertz CT molecular complexity index is 1040. The Labute approximate surface area is 198 Å². The zero-order valence-electron chi connectivity index (χ0n) is 20.0. The van der Waals surface area contributed by atoms with Crippen LogP contribution >= 0.6 is 0 Å². The Morgan fingerprint density at radius 3 is 2.27 bits per heavy atom. The quantitative estimate of drug-likeness (QED) is 0.261. The largest absolute Gasteiger partial charge is 0.415 e. The first-order valence-electron chi connectivity index (χ1n) is 10.9. The standard InChI is InChI=1S/C20H35N3O7S2Si/c1-20(2,3)33(4,5)30-15-12-22(11-10-21-13-16-31(26,27)17-14-21)32(28,29)19-9-7-6-8-18(19)23(24)25/h6-9H,10-17H2,1-5H3. The third-order valence-electron chi connectivity index (χ3n) is 6.39. The van der Waals surface area contributed by atoms with Gasteiger partial charge in [0.2, 0.25) is 10.0 Å². The molecule has 1 aromatic rings. The van der Waals surface area contributed by atoms with Crippen molar-refractivity contribution in [1.29, 1.82) is 0 Å². The first-order valence-corrected chi connectivity index (χ1v) is 17.0. The zero-order chi connectivity index (χ0) is 25.1. The van der Waals surface area contributed by atoms with E-state index < -0.39 is 38.8 Å². The summed E-state index contributed by atoms with van der Waals surface area (Å²) >= 11 is 0. The van der Waals surface area contributed by atoms with Gasteiger partial charge in [0.05, 0.1) is 16.4 Å². The molecular weight excluding hydrogens is 486 g/mol. The van der Waals surface area contributed by atoms with Gasteiger partial charge in [-0.2, -0.15) is 4.31 Å². The van der Waals surface area contributed by atoms with Crippen molar-refractivity contribution < 1.29 is 26.2 Å². The van der Waals surface area contributed by atoms with Crippen LogP contribution in [0.15, 0.2) is 29.2 Å². The molecule has 33 heavy (non-hydrogen) atoms. The van der Waals surface area contributed by atoms with Crippen LogP contribution in [0, 0.1) is 10.1 Å². The van der Waals surface area contributed by atoms with Crippen LogP contribution < -0.4 is 0 Å². The highest BCUT2D eigenvalue weighted by Crippen LogP contribution is 2.36. The normalized spacial score (nSPS) is 17.9. The average molecular weight is 522 g/mol. The van der Waals surface area contributed by atoms with E-state index in [-0.39, 0.29) is 41.1 Å². The molecule has 0 aliphatic carbocycles. The van der Waals surface area contributed by atoms with Crippen molar-refractivity contribution in [2.45, 2.75) is 43.8 Å². The lowest BCUT2D eigenvalue weighted by atomic mass is 10.2. The van der Waals surface area contributed by atoms with Crippen molar-refractivity contribution in [3.8, 4) is 0 Å². The zero-order valence-corrected chi connectivity index (χ0v) is 22.6. The van der Waals surface area contributed by atoms with Crippen LogP contribution in [0.5, 0.6) is 0 Å². The summed E-state index contributed by atoms with van der Waals surface area (Å²) in [6, 6.07) is 5.30. The van der Waals surface area contributed by atoms with Crippen LogP contribution in [0.25, 0.3) is 0 Å². The smallest absolute Gasteiger partial charge is 0.289 e. The molecule has 0 bridgehead atoms. The molecule has 188 valence electrons. The second-order valence-corrected chi connectivity index (χ2v) is 18.8. The molecule has 1 aliphatic rings. The highest BCUT2D eigenvalue weighted by Gasteiger charge is 2.38. The number of nitro groups is 1. The number of rotatable bonds is 10. The lowest BCUT2D eigenvalue weighted by Gasteiger charge is -2.37. The van der Waals surface area contributed by atoms with Crippen LogP contribution in [0.2, 0.25) is 18.1 Å². The highest BCUT2D eigenvalue weighted by atomic mass is 32.2. The minimum Gasteiger partial charge on any atom is -0.415 e. The van der Waals surface area contributed by atoms with Crippen LogP contribution in [-0.4, -0.2) is 90.1 Å². The lowest BCUT2D eigenvalue weighted by Crippen LogP contribution is -2.47. The van der Waals surface area contributed by atoms with E-state index in [0.29, 0.717) is 19.6 Å². The molecule has 0 atom stereocenters. The molecule has 0 N–H and O–H groups in total. The minimum absolute atomic E-state index is 0.0401. The van der Waals surface area contributed by atoms with Gasteiger partial charge in [-0.1, -0.05) is 32.9 Å². The summed E-state index contributed by atoms with van der Waals surface area (Å²) in [6.07, 6.45) is 0. The average Bonchev–Trinajstić information content (AvgIpc) is 2.70. The summed E-state index contributed by atoms with van der Waals surface area (Å²) in [6.45, 7) is 11.7. The van der Waals surface area contributed by atoms with E-state index in [0.717, 1.165) is 0 Å². The highest BCUT2D eigenvalue weighted by molar-refractivity contribution is 7.91. The molecule has 2 rings (SSSR count). The van der Waals surface area contributed by atoms with Gasteiger partial charge >= 0.3 is 0 Å². The van der Waals surface area contributed by atoms with Crippen LogP contribution in [-0.2, 0) is 24.3 Å². The van der Waals surface area contributed by atoms with Crippen molar-refractivity contribution in [1.82, 2.24) is 9.21 Å². The van der Waals surface area contributed by atoms with E-state index in [1.54, 1.807) is 0 Å². The number of sulfone groups is 1. The van der Waals surface area contributed by atoms with E-state index in [1.165, 1.54) is 28.6 Å². The fourth-order valence-corrected chi connectivity index (χ4v) is 7.05. The van der Waals surface area contributed by atoms with E-state index in [2.05, 4.69) is 33.9 Å². The molecule has 0 radical (unpaired) electrons. The number of para-hydroxylation sites is 1. The summed E-state index contributed by atoms with van der Waals surface area (Å²) < 4.78 is 57.6. The Balaban J connectivity index is 2.23. The van der Waals surface area contributed by atoms with Crippen molar-refractivity contribution in [3.05, 3.63) is 34.4 Å². The van der Waals surface area contributed by atoms with Gasteiger partial charge in [-0.05, 0) is 24.2 Å². The first-order chi connectivity index (χ1) is 15.1. The van der Waals surface area contributed by atoms with E-state index in [4.69, 9.17) is 4.43 Å². The molecule has 0 saturated carbocycles. The molecule has 0 aromatic heterocycles. The fourth-order valence-electron chi connectivity index (χ4n) is 3.16. The molecule has 0 unspecified atom stereocenters. The second kappa shape index (κ2) is 10.5. The van der Waals surface area contributed by atoms with Gasteiger partial charge in [0.1, 0.15) is 0 Å². The molecule has 1 aromatic carbocycles. The van der Waals surface area contributed by atoms with Crippen LogP contribution in [0.3, 0.4) is 0 Å².